The number of halogens is 3. The van der Waals surface area contributed by atoms with Crippen LogP contribution in [0.1, 0.15) is 0 Å². The predicted octanol–water partition coefficient (Wildman–Crippen LogP) is 2.25. The Bertz CT molecular complexity index is 209. The molecule has 0 saturated carbocycles. The van der Waals surface area contributed by atoms with Crippen molar-refractivity contribution in [3.05, 3.63) is 29.6 Å². The fourth-order valence-electron chi connectivity index (χ4n) is 0.504. The molecule has 0 aliphatic heterocycles. The molecule has 1 aromatic rings. The molecule has 0 aromatic heterocycles. The molecule has 1 aromatic carbocycles. The lowest BCUT2D eigenvalue weighted by Crippen LogP contribution is -1.84. The van der Waals surface area contributed by atoms with Gasteiger partial charge in [0.2, 0.25) is 5.75 Å². The molecule has 53 valence electrons. The number of hydrogen-bond donors (Lipinski definition) is 0. The van der Waals surface area contributed by atoms with E-state index in [1.807, 2.05) is 0 Å². The molecule has 0 N–H and O–H groups in total. The van der Waals surface area contributed by atoms with Gasteiger partial charge in [-0.25, -0.2) is 13.2 Å². The minimum absolute atomic E-state index is 0.220. The zero-order valence-electron chi connectivity index (χ0n) is 4.70. The van der Waals surface area contributed by atoms with Crippen molar-refractivity contribution < 1.29 is 18.3 Å². The Morgan fingerprint density at radius 3 is 1.90 bits per heavy atom. The van der Waals surface area contributed by atoms with E-state index in [1.54, 1.807) is 0 Å². The van der Waals surface area contributed by atoms with Gasteiger partial charge in [-0.2, -0.15) is 0 Å². The molecule has 1 rings (SSSR count). The Labute approximate surface area is 54.7 Å². The topological polar surface area (TPSA) is 19.9 Å². The fourth-order valence-corrected chi connectivity index (χ4v) is 0.504. The summed E-state index contributed by atoms with van der Waals surface area (Å²) in [5.41, 5.74) is 0. The van der Waals surface area contributed by atoms with E-state index in [2.05, 4.69) is 0 Å². The van der Waals surface area contributed by atoms with Crippen LogP contribution in [0.5, 0.6) is 5.75 Å². The molecule has 4 heteroatoms. The SMILES string of the molecule is [O]c1cc(F)c(F)cc1F. The summed E-state index contributed by atoms with van der Waals surface area (Å²) < 4.78 is 36.1. The molecule has 0 saturated heterocycles. The smallest absolute Gasteiger partial charge is 0.217 e. The first kappa shape index (κ1) is 6.92. The molecular weight excluding hydrogens is 145 g/mol. The molecular formula is C6H2F3O. The largest absolute Gasteiger partial charge is 0.287 e. The molecule has 0 aliphatic carbocycles. The molecule has 0 bridgehead atoms. The summed E-state index contributed by atoms with van der Waals surface area (Å²) in [6, 6.07) is 0.488. The minimum atomic E-state index is -1.35. The summed E-state index contributed by atoms with van der Waals surface area (Å²) >= 11 is 0. The van der Waals surface area contributed by atoms with Crippen LogP contribution in [0.15, 0.2) is 12.1 Å². The molecule has 0 amide bonds. The van der Waals surface area contributed by atoms with Gasteiger partial charge in [0.05, 0.1) is 0 Å². The van der Waals surface area contributed by atoms with Gasteiger partial charge in [-0.1, -0.05) is 0 Å². The molecule has 0 aliphatic rings. The number of rotatable bonds is 0. The van der Waals surface area contributed by atoms with Gasteiger partial charge in [-0.3, -0.25) is 5.11 Å². The lowest BCUT2D eigenvalue weighted by Gasteiger charge is -1.92. The van der Waals surface area contributed by atoms with Crippen LogP contribution in [0.25, 0.3) is 0 Å². The highest BCUT2D eigenvalue weighted by Gasteiger charge is 2.08. The maximum Gasteiger partial charge on any atom is 0.217 e. The fraction of sp³-hybridized carbons (Fsp3) is 0. The molecule has 0 heterocycles. The van der Waals surface area contributed by atoms with Gasteiger partial charge in [-0.15, -0.1) is 0 Å². The highest BCUT2D eigenvalue weighted by Crippen LogP contribution is 2.18. The summed E-state index contributed by atoms with van der Waals surface area (Å²) in [4.78, 5) is 0. The maximum absolute atomic E-state index is 12.0. The molecule has 0 atom stereocenters. The van der Waals surface area contributed by atoms with Gasteiger partial charge >= 0.3 is 0 Å². The van der Waals surface area contributed by atoms with Crippen LogP contribution in [-0.2, 0) is 5.11 Å². The molecule has 1 nitrogen and oxygen atoms in total. The third kappa shape index (κ3) is 1.05. The summed E-state index contributed by atoms with van der Waals surface area (Å²) in [5, 5.41) is 10.2. The van der Waals surface area contributed by atoms with Crippen LogP contribution in [0, 0.1) is 17.5 Å². The van der Waals surface area contributed by atoms with Crippen molar-refractivity contribution in [3.63, 3.8) is 0 Å². The number of hydrogen-bond acceptors (Lipinski definition) is 0. The molecule has 0 unspecified atom stereocenters. The van der Waals surface area contributed by atoms with Crippen molar-refractivity contribution in [2.75, 3.05) is 0 Å². The summed E-state index contributed by atoms with van der Waals surface area (Å²) in [6.07, 6.45) is 0. The summed E-state index contributed by atoms with van der Waals surface area (Å²) in [5.74, 6) is -5.10. The normalized spacial score (nSPS) is 9.90. The second-order valence-corrected chi connectivity index (χ2v) is 1.70. The lowest BCUT2D eigenvalue weighted by molar-refractivity contribution is 0.323. The van der Waals surface area contributed by atoms with Crippen LogP contribution in [0.3, 0.4) is 0 Å². The van der Waals surface area contributed by atoms with E-state index in [9.17, 15) is 18.3 Å². The van der Waals surface area contributed by atoms with Gasteiger partial charge in [0, 0.05) is 12.1 Å². The van der Waals surface area contributed by atoms with Crippen LogP contribution >= 0.6 is 0 Å². The molecule has 10 heavy (non-hydrogen) atoms. The highest BCUT2D eigenvalue weighted by molar-refractivity contribution is 5.23. The molecule has 1 radical (unpaired) electrons. The first-order valence-corrected chi connectivity index (χ1v) is 2.43. The van der Waals surface area contributed by atoms with E-state index in [-0.39, 0.29) is 12.1 Å². The van der Waals surface area contributed by atoms with Crippen molar-refractivity contribution in [3.8, 4) is 5.75 Å². The Hall–Kier alpha value is -1.19. The first-order valence-electron chi connectivity index (χ1n) is 2.43. The molecule has 0 spiro atoms. The van der Waals surface area contributed by atoms with Crippen molar-refractivity contribution in [2.24, 2.45) is 0 Å². The third-order valence-corrected chi connectivity index (χ3v) is 0.975. The van der Waals surface area contributed by atoms with E-state index < -0.39 is 23.2 Å². The van der Waals surface area contributed by atoms with E-state index >= 15 is 0 Å². The van der Waals surface area contributed by atoms with Crippen LogP contribution in [0.2, 0.25) is 0 Å². The monoisotopic (exact) mass is 147 g/mol. The second kappa shape index (κ2) is 2.21. The average Bonchev–Trinajstić information content (AvgIpc) is 1.84. The Kier molecular flexibility index (Phi) is 1.53. The van der Waals surface area contributed by atoms with Gasteiger partial charge in [0.1, 0.15) is 0 Å². The van der Waals surface area contributed by atoms with Gasteiger partial charge in [0.15, 0.2) is 17.5 Å². The van der Waals surface area contributed by atoms with Crippen LogP contribution in [-0.4, -0.2) is 0 Å². The minimum Gasteiger partial charge on any atom is -0.287 e. The average molecular weight is 147 g/mol. The highest BCUT2D eigenvalue weighted by atomic mass is 19.2. The second-order valence-electron chi connectivity index (χ2n) is 1.70. The zero-order valence-corrected chi connectivity index (χ0v) is 4.70. The van der Waals surface area contributed by atoms with Crippen LogP contribution < -0.4 is 0 Å². The predicted molar refractivity (Wildman–Crippen MR) is 26.4 cm³/mol. The van der Waals surface area contributed by atoms with Crippen molar-refractivity contribution >= 4 is 0 Å². The lowest BCUT2D eigenvalue weighted by atomic mass is 10.3. The standard InChI is InChI=1S/C6H2F3O/c7-3-1-5(9)6(10)2-4(3)8/h1-2H. The van der Waals surface area contributed by atoms with Gasteiger partial charge in [0.25, 0.3) is 0 Å². The Balaban J connectivity index is 3.28. The summed E-state index contributed by atoms with van der Waals surface area (Å²) in [6.45, 7) is 0. The zero-order chi connectivity index (χ0) is 7.72. The van der Waals surface area contributed by atoms with Gasteiger partial charge in [-0.05, 0) is 0 Å². The first-order chi connectivity index (χ1) is 4.61. The van der Waals surface area contributed by atoms with E-state index in [4.69, 9.17) is 0 Å². The number of benzene rings is 1. The van der Waals surface area contributed by atoms with E-state index in [0.29, 0.717) is 0 Å². The maximum atomic E-state index is 12.0. The van der Waals surface area contributed by atoms with E-state index in [0.717, 1.165) is 0 Å². The Morgan fingerprint density at radius 2 is 1.40 bits per heavy atom. The summed E-state index contributed by atoms with van der Waals surface area (Å²) in [7, 11) is 0. The van der Waals surface area contributed by atoms with Crippen molar-refractivity contribution in [1.82, 2.24) is 0 Å². The molecule has 0 fully saturated rings. The van der Waals surface area contributed by atoms with Crippen LogP contribution in [0.4, 0.5) is 13.2 Å². The van der Waals surface area contributed by atoms with E-state index in [1.165, 1.54) is 0 Å². The van der Waals surface area contributed by atoms with Crippen molar-refractivity contribution in [1.29, 1.82) is 0 Å². The van der Waals surface area contributed by atoms with Gasteiger partial charge < -0.3 is 0 Å². The Morgan fingerprint density at radius 1 is 0.900 bits per heavy atom. The van der Waals surface area contributed by atoms with Crippen molar-refractivity contribution in [2.45, 2.75) is 0 Å². The third-order valence-electron chi connectivity index (χ3n) is 0.975. The quantitative estimate of drug-likeness (QED) is 0.501.